The molecule has 0 radical (unpaired) electrons. The van der Waals surface area contributed by atoms with Gasteiger partial charge in [-0.15, -0.1) is 0 Å². The maximum Gasteiger partial charge on any atom is 0.204 e. The molecule has 1 fully saturated rings. The number of hydrogen-bond donors (Lipinski definition) is 1. The van der Waals surface area contributed by atoms with Crippen molar-refractivity contribution in [2.24, 2.45) is 4.99 Å². The first-order chi connectivity index (χ1) is 10.2. The molecule has 2 aliphatic rings. The van der Waals surface area contributed by atoms with Gasteiger partial charge in [0, 0.05) is 24.2 Å². The molecule has 21 heavy (non-hydrogen) atoms. The first kappa shape index (κ1) is 12.3. The predicted molar refractivity (Wildman–Crippen MR) is 81.2 cm³/mol. The van der Waals surface area contributed by atoms with Crippen LogP contribution in [-0.4, -0.2) is 28.9 Å². The van der Waals surface area contributed by atoms with Gasteiger partial charge in [-0.05, 0) is 24.3 Å². The molecule has 2 aromatic rings. The highest BCUT2D eigenvalue weighted by atomic mass is 16.3. The second-order valence-electron chi connectivity index (χ2n) is 5.38. The molecule has 0 saturated carbocycles. The number of benzene rings is 2. The lowest BCUT2D eigenvalue weighted by molar-refractivity contribution is 0.0602. The van der Waals surface area contributed by atoms with Crippen LogP contribution in [0.1, 0.15) is 16.8 Å². The standard InChI is InChI=1S/C17H14N2O2/c20-15-13-8-4-5-9-14(13)18-16-17(15,21)10-11-19(16)12-6-2-1-3-7-12/h1-9,21H,10-11H2. The van der Waals surface area contributed by atoms with Crippen LogP contribution in [0, 0.1) is 0 Å². The number of nitrogens with zero attached hydrogens (tertiary/aromatic N) is 2. The SMILES string of the molecule is O=C1c2ccccc2N=C2N(c3ccccc3)CCC12O. The number of anilines is 1. The third kappa shape index (κ3) is 1.66. The molecule has 0 aromatic heterocycles. The predicted octanol–water partition coefficient (Wildman–Crippen LogP) is 2.55. The highest BCUT2D eigenvalue weighted by Gasteiger charge is 2.52. The quantitative estimate of drug-likeness (QED) is 0.872. The van der Waals surface area contributed by atoms with Gasteiger partial charge in [0.2, 0.25) is 5.78 Å². The zero-order chi connectivity index (χ0) is 14.4. The fourth-order valence-corrected chi connectivity index (χ4v) is 3.04. The molecule has 0 spiro atoms. The van der Waals surface area contributed by atoms with E-state index in [1.165, 1.54) is 0 Å². The van der Waals surface area contributed by atoms with Gasteiger partial charge in [-0.25, -0.2) is 4.99 Å². The van der Waals surface area contributed by atoms with E-state index in [-0.39, 0.29) is 5.78 Å². The van der Waals surface area contributed by atoms with Crippen LogP contribution in [0.25, 0.3) is 0 Å². The topological polar surface area (TPSA) is 52.9 Å². The molecule has 0 bridgehead atoms. The molecule has 104 valence electrons. The molecule has 0 amide bonds. The number of Topliss-reactive ketones (excluding diaryl/α,β-unsaturated/α-hetero) is 1. The molecule has 1 atom stereocenters. The van der Waals surface area contributed by atoms with Crippen LogP contribution in [0.4, 0.5) is 11.4 Å². The van der Waals surface area contributed by atoms with Crippen LogP contribution in [0.15, 0.2) is 59.6 Å². The normalized spacial score (nSPS) is 23.6. The lowest BCUT2D eigenvalue weighted by Gasteiger charge is -2.29. The fraction of sp³-hybridized carbons (Fsp3) is 0.176. The average Bonchev–Trinajstić information content (AvgIpc) is 2.87. The summed E-state index contributed by atoms with van der Waals surface area (Å²) in [4.78, 5) is 19.1. The second kappa shape index (κ2) is 4.27. The Hall–Kier alpha value is -2.46. The van der Waals surface area contributed by atoms with Crippen LogP contribution in [0.2, 0.25) is 0 Å². The van der Waals surface area contributed by atoms with Gasteiger partial charge in [0.05, 0.1) is 5.69 Å². The van der Waals surface area contributed by atoms with Crippen molar-refractivity contribution in [1.29, 1.82) is 0 Å². The Bertz CT molecular complexity index is 754. The number of hydrogen-bond acceptors (Lipinski definition) is 4. The number of fused-ring (bicyclic) bond motifs is 2. The van der Waals surface area contributed by atoms with Gasteiger partial charge in [-0.2, -0.15) is 0 Å². The second-order valence-corrected chi connectivity index (χ2v) is 5.38. The molecule has 4 nitrogen and oxygen atoms in total. The summed E-state index contributed by atoms with van der Waals surface area (Å²) in [6.07, 6.45) is 0.369. The number of amidine groups is 1. The molecule has 4 heteroatoms. The van der Waals surface area contributed by atoms with Gasteiger partial charge >= 0.3 is 0 Å². The maximum absolute atomic E-state index is 12.6. The summed E-state index contributed by atoms with van der Waals surface area (Å²) >= 11 is 0. The monoisotopic (exact) mass is 278 g/mol. The van der Waals surface area contributed by atoms with Crippen LogP contribution in [-0.2, 0) is 0 Å². The van der Waals surface area contributed by atoms with E-state index in [4.69, 9.17) is 0 Å². The van der Waals surface area contributed by atoms with Crippen molar-refractivity contribution in [2.75, 3.05) is 11.4 Å². The number of carbonyl (C=O) groups excluding carboxylic acids is 1. The first-order valence-corrected chi connectivity index (χ1v) is 6.98. The first-order valence-electron chi connectivity index (χ1n) is 6.98. The van der Waals surface area contributed by atoms with Crippen molar-refractivity contribution in [2.45, 2.75) is 12.0 Å². The van der Waals surface area contributed by atoms with E-state index in [9.17, 15) is 9.90 Å². The fourth-order valence-electron chi connectivity index (χ4n) is 3.04. The van der Waals surface area contributed by atoms with E-state index >= 15 is 0 Å². The highest BCUT2D eigenvalue weighted by molar-refractivity contribution is 6.28. The molecular formula is C17H14N2O2. The maximum atomic E-state index is 12.6. The van der Waals surface area contributed by atoms with Gasteiger partial charge < -0.3 is 10.0 Å². The Morgan fingerprint density at radius 2 is 1.76 bits per heavy atom. The van der Waals surface area contributed by atoms with E-state index in [2.05, 4.69) is 4.99 Å². The van der Waals surface area contributed by atoms with Crippen molar-refractivity contribution in [3.8, 4) is 0 Å². The third-order valence-electron chi connectivity index (χ3n) is 4.14. The van der Waals surface area contributed by atoms with Crippen molar-refractivity contribution in [3.05, 3.63) is 60.2 Å². The minimum atomic E-state index is -1.50. The van der Waals surface area contributed by atoms with E-state index in [0.29, 0.717) is 30.1 Å². The molecule has 0 aliphatic carbocycles. The Balaban J connectivity index is 1.88. The zero-order valence-electron chi connectivity index (χ0n) is 11.4. The molecule has 1 unspecified atom stereocenters. The third-order valence-corrected chi connectivity index (χ3v) is 4.14. The number of carbonyl (C=O) groups is 1. The van der Waals surface area contributed by atoms with Crippen molar-refractivity contribution in [3.63, 3.8) is 0 Å². The summed E-state index contributed by atoms with van der Waals surface area (Å²) in [7, 11) is 0. The number of rotatable bonds is 1. The number of aliphatic imine (C=N–C) groups is 1. The molecule has 2 aliphatic heterocycles. The smallest absolute Gasteiger partial charge is 0.204 e. The van der Waals surface area contributed by atoms with E-state index in [0.717, 1.165) is 5.69 Å². The number of para-hydroxylation sites is 2. The highest BCUT2D eigenvalue weighted by Crippen LogP contribution is 2.39. The lowest BCUT2D eigenvalue weighted by atomic mass is 9.88. The van der Waals surface area contributed by atoms with Gasteiger partial charge in [0.1, 0.15) is 5.84 Å². The summed E-state index contributed by atoms with van der Waals surface area (Å²) in [6, 6.07) is 16.9. The van der Waals surface area contributed by atoms with Gasteiger partial charge in [-0.1, -0.05) is 30.3 Å². The van der Waals surface area contributed by atoms with E-state index in [1.54, 1.807) is 18.2 Å². The molecule has 4 rings (SSSR count). The Kier molecular flexibility index (Phi) is 2.50. The van der Waals surface area contributed by atoms with Crippen LogP contribution in [0.3, 0.4) is 0 Å². The van der Waals surface area contributed by atoms with Gasteiger partial charge in [0.15, 0.2) is 5.60 Å². The van der Waals surface area contributed by atoms with Gasteiger partial charge in [-0.3, -0.25) is 4.79 Å². The van der Waals surface area contributed by atoms with Crippen molar-refractivity contribution in [1.82, 2.24) is 0 Å². The summed E-state index contributed by atoms with van der Waals surface area (Å²) in [5.74, 6) is 0.193. The molecular weight excluding hydrogens is 264 g/mol. The summed E-state index contributed by atoms with van der Waals surface area (Å²) in [6.45, 7) is 0.582. The van der Waals surface area contributed by atoms with Gasteiger partial charge in [0.25, 0.3) is 0 Å². The lowest BCUT2D eigenvalue weighted by Crippen LogP contribution is -2.48. The largest absolute Gasteiger partial charge is 0.374 e. The number of aliphatic hydroxyl groups is 1. The molecule has 1 N–H and O–H groups in total. The average molecular weight is 278 g/mol. The number of ketones is 1. The van der Waals surface area contributed by atoms with E-state index < -0.39 is 5.60 Å². The van der Waals surface area contributed by atoms with Crippen LogP contribution >= 0.6 is 0 Å². The molecule has 2 aromatic carbocycles. The van der Waals surface area contributed by atoms with Crippen LogP contribution < -0.4 is 4.90 Å². The zero-order valence-corrected chi connectivity index (χ0v) is 11.4. The summed E-state index contributed by atoms with van der Waals surface area (Å²) in [5, 5.41) is 10.8. The Morgan fingerprint density at radius 3 is 2.57 bits per heavy atom. The Morgan fingerprint density at radius 1 is 1.05 bits per heavy atom. The Labute approximate surface area is 122 Å². The van der Waals surface area contributed by atoms with Crippen molar-refractivity contribution < 1.29 is 9.90 Å². The van der Waals surface area contributed by atoms with Crippen LogP contribution in [0.5, 0.6) is 0 Å². The molecule has 2 heterocycles. The minimum Gasteiger partial charge on any atom is -0.374 e. The minimum absolute atomic E-state index is 0.249. The van der Waals surface area contributed by atoms with Crippen molar-refractivity contribution >= 4 is 23.0 Å². The van der Waals surface area contributed by atoms with E-state index in [1.807, 2.05) is 41.3 Å². The summed E-state index contributed by atoms with van der Waals surface area (Å²) in [5.41, 5.74) is 0.576. The molecule has 1 saturated heterocycles. The summed E-state index contributed by atoms with van der Waals surface area (Å²) < 4.78 is 0.